The molecule has 1 aromatic heterocycles. The summed E-state index contributed by atoms with van der Waals surface area (Å²) in [5.74, 6) is 0.583. The van der Waals surface area contributed by atoms with Crippen molar-refractivity contribution in [1.82, 2.24) is 4.98 Å². The van der Waals surface area contributed by atoms with E-state index in [1.54, 1.807) is 13.2 Å². The Morgan fingerprint density at radius 3 is 2.43 bits per heavy atom. The predicted molar refractivity (Wildman–Crippen MR) is 77.9 cm³/mol. The molecule has 0 saturated heterocycles. The normalized spacial score (nSPS) is 10.0. The number of ether oxygens (including phenoxy) is 3. The summed E-state index contributed by atoms with van der Waals surface area (Å²) in [5, 5.41) is 0.0501. The van der Waals surface area contributed by atoms with E-state index in [4.69, 9.17) is 21.1 Å². The Bertz CT molecular complexity index is 628. The van der Waals surface area contributed by atoms with Crippen LogP contribution in [0.15, 0.2) is 36.4 Å². The van der Waals surface area contributed by atoms with E-state index < -0.39 is 5.97 Å². The summed E-state index contributed by atoms with van der Waals surface area (Å²) in [4.78, 5) is 15.4. The molecule has 0 N–H and O–H groups in total. The first kappa shape index (κ1) is 15.1. The van der Waals surface area contributed by atoms with Crippen LogP contribution < -0.4 is 9.47 Å². The number of carbonyl (C=O) groups is 1. The Labute approximate surface area is 127 Å². The van der Waals surface area contributed by atoms with Crippen molar-refractivity contribution < 1.29 is 19.0 Å². The van der Waals surface area contributed by atoms with Crippen molar-refractivity contribution in [3.05, 3.63) is 52.7 Å². The number of nitrogens with zero attached hydrogens (tertiary/aromatic N) is 1. The van der Waals surface area contributed by atoms with Crippen molar-refractivity contribution in [2.24, 2.45) is 0 Å². The van der Waals surface area contributed by atoms with E-state index in [0.29, 0.717) is 12.5 Å². The predicted octanol–water partition coefficient (Wildman–Crippen LogP) is 3.11. The monoisotopic (exact) mass is 307 g/mol. The Morgan fingerprint density at radius 1 is 1.14 bits per heavy atom. The van der Waals surface area contributed by atoms with E-state index in [9.17, 15) is 4.79 Å². The molecule has 0 aliphatic rings. The molecule has 0 atom stereocenters. The molecule has 0 bridgehead atoms. The molecule has 1 heterocycles. The molecule has 2 aromatic rings. The lowest BCUT2D eigenvalue weighted by Gasteiger charge is -2.08. The first-order valence-corrected chi connectivity index (χ1v) is 6.52. The standard InChI is InChI=1S/C15H14ClNO4/c1-19-11-5-3-10(4-6-11)9-21-13-8-7-12(14(16)17-13)15(18)20-2/h3-8H,9H2,1-2H3. The highest BCUT2D eigenvalue weighted by molar-refractivity contribution is 6.32. The smallest absolute Gasteiger partial charge is 0.341 e. The molecule has 0 aliphatic heterocycles. The van der Waals surface area contributed by atoms with Crippen LogP contribution in [0.2, 0.25) is 5.15 Å². The van der Waals surface area contributed by atoms with Gasteiger partial charge in [0, 0.05) is 6.07 Å². The number of halogens is 1. The van der Waals surface area contributed by atoms with Crippen molar-refractivity contribution >= 4 is 17.6 Å². The number of carbonyl (C=O) groups excluding carboxylic acids is 1. The van der Waals surface area contributed by atoms with Crippen LogP contribution in [-0.2, 0) is 11.3 Å². The minimum absolute atomic E-state index is 0.0501. The van der Waals surface area contributed by atoms with Crippen LogP contribution in [0.25, 0.3) is 0 Å². The number of benzene rings is 1. The van der Waals surface area contributed by atoms with Gasteiger partial charge in [0.1, 0.15) is 17.5 Å². The number of methoxy groups -OCH3 is 2. The number of esters is 1. The molecule has 0 spiro atoms. The van der Waals surface area contributed by atoms with Gasteiger partial charge in [0.15, 0.2) is 0 Å². The number of hydrogen-bond acceptors (Lipinski definition) is 5. The maximum Gasteiger partial charge on any atom is 0.341 e. The van der Waals surface area contributed by atoms with Gasteiger partial charge in [0.25, 0.3) is 0 Å². The Balaban J connectivity index is 2.03. The third kappa shape index (κ3) is 3.86. The van der Waals surface area contributed by atoms with Crippen molar-refractivity contribution in [2.75, 3.05) is 14.2 Å². The highest BCUT2D eigenvalue weighted by atomic mass is 35.5. The third-order valence-corrected chi connectivity index (χ3v) is 3.06. The molecule has 0 unspecified atom stereocenters. The summed E-state index contributed by atoms with van der Waals surface area (Å²) < 4.78 is 15.2. The molecule has 0 amide bonds. The highest BCUT2D eigenvalue weighted by Gasteiger charge is 2.12. The van der Waals surface area contributed by atoms with Crippen LogP contribution in [0.5, 0.6) is 11.6 Å². The van der Waals surface area contributed by atoms with Gasteiger partial charge in [0.05, 0.1) is 19.8 Å². The zero-order valence-corrected chi connectivity index (χ0v) is 12.4. The lowest BCUT2D eigenvalue weighted by atomic mass is 10.2. The van der Waals surface area contributed by atoms with Gasteiger partial charge in [-0.3, -0.25) is 0 Å². The largest absolute Gasteiger partial charge is 0.497 e. The fourth-order valence-corrected chi connectivity index (χ4v) is 1.86. The van der Waals surface area contributed by atoms with Gasteiger partial charge < -0.3 is 14.2 Å². The molecule has 1 aromatic carbocycles. The maximum absolute atomic E-state index is 11.4. The first-order chi connectivity index (χ1) is 10.1. The van der Waals surface area contributed by atoms with Crippen LogP contribution in [0.1, 0.15) is 15.9 Å². The van der Waals surface area contributed by atoms with Gasteiger partial charge in [-0.15, -0.1) is 0 Å². The van der Waals surface area contributed by atoms with Crippen LogP contribution >= 0.6 is 11.6 Å². The fraction of sp³-hybridized carbons (Fsp3) is 0.200. The number of pyridine rings is 1. The Hall–Kier alpha value is -2.27. The zero-order chi connectivity index (χ0) is 15.2. The molecule has 2 rings (SSSR count). The van der Waals surface area contributed by atoms with Crippen LogP contribution in [0.3, 0.4) is 0 Å². The van der Waals surface area contributed by atoms with E-state index in [2.05, 4.69) is 9.72 Å². The van der Waals surface area contributed by atoms with Crippen LogP contribution in [0.4, 0.5) is 0 Å². The van der Waals surface area contributed by atoms with E-state index in [1.165, 1.54) is 13.2 Å². The minimum Gasteiger partial charge on any atom is -0.497 e. The topological polar surface area (TPSA) is 57.7 Å². The van der Waals surface area contributed by atoms with Crippen molar-refractivity contribution in [1.29, 1.82) is 0 Å². The average Bonchev–Trinajstić information content (AvgIpc) is 2.52. The highest BCUT2D eigenvalue weighted by Crippen LogP contribution is 2.20. The second-order valence-electron chi connectivity index (χ2n) is 4.12. The van der Waals surface area contributed by atoms with Crippen molar-refractivity contribution in [3.8, 4) is 11.6 Å². The average molecular weight is 308 g/mol. The molecule has 0 saturated carbocycles. The summed E-state index contributed by atoms with van der Waals surface area (Å²) in [6, 6.07) is 10.6. The fourth-order valence-electron chi connectivity index (χ4n) is 1.64. The molecule has 0 aliphatic carbocycles. The minimum atomic E-state index is -0.533. The van der Waals surface area contributed by atoms with E-state index in [1.807, 2.05) is 24.3 Å². The summed E-state index contributed by atoms with van der Waals surface area (Å²) in [6.07, 6.45) is 0. The third-order valence-electron chi connectivity index (χ3n) is 2.77. The SMILES string of the molecule is COC(=O)c1ccc(OCc2ccc(OC)cc2)nc1Cl. The number of aromatic nitrogens is 1. The van der Waals surface area contributed by atoms with Crippen LogP contribution in [-0.4, -0.2) is 25.2 Å². The lowest BCUT2D eigenvalue weighted by molar-refractivity contribution is 0.0600. The van der Waals surface area contributed by atoms with Gasteiger partial charge in [-0.25, -0.2) is 9.78 Å². The number of hydrogen-bond donors (Lipinski definition) is 0. The van der Waals surface area contributed by atoms with Crippen LogP contribution in [0, 0.1) is 0 Å². The van der Waals surface area contributed by atoms with E-state index in [0.717, 1.165) is 11.3 Å². The van der Waals surface area contributed by atoms with Gasteiger partial charge in [-0.1, -0.05) is 23.7 Å². The zero-order valence-electron chi connectivity index (χ0n) is 11.6. The Morgan fingerprint density at radius 2 is 1.86 bits per heavy atom. The second kappa shape index (κ2) is 6.95. The van der Waals surface area contributed by atoms with Gasteiger partial charge in [-0.05, 0) is 23.8 Å². The summed E-state index contributed by atoms with van der Waals surface area (Å²) in [7, 11) is 2.90. The first-order valence-electron chi connectivity index (χ1n) is 6.14. The van der Waals surface area contributed by atoms with Crippen molar-refractivity contribution in [3.63, 3.8) is 0 Å². The lowest BCUT2D eigenvalue weighted by Crippen LogP contribution is -2.04. The van der Waals surface area contributed by atoms with E-state index in [-0.39, 0.29) is 10.7 Å². The van der Waals surface area contributed by atoms with Gasteiger partial charge in [-0.2, -0.15) is 0 Å². The second-order valence-corrected chi connectivity index (χ2v) is 4.47. The maximum atomic E-state index is 11.4. The Kier molecular flexibility index (Phi) is 5.00. The van der Waals surface area contributed by atoms with Crippen molar-refractivity contribution in [2.45, 2.75) is 6.61 Å². The summed E-state index contributed by atoms with van der Waals surface area (Å²) in [5.41, 5.74) is 1.17. The molecule has 0 fully saturated rings. The molecule has 6 heteroatoms. The summed E-state index contributed by atoms with van der Waals surface area (Å²) in [6.45, 7) is 0.338. The molecule has 5 nitrogen and oxygen atoms in total. The molecular formula is C15H14ClNO4. The molecule has 110 valence electrons. The van der Waals surface area contributed by atoms with Gasteiger partial charge in [0.2, 0.25) is 5.88 Å². The van der Waals surface area contributed by atoms with E-state index >= 15 is 0 Å². The number of rotatable bonds is 5. The van der Waals surface area contributed by atoms with Gasteiger partial charge >= 0.3 is 5.97 Å². The summed E-state index contributed by atoms with van der Waals surface area (Å²) >= 11 is 5.92. The quantitative estimate of drug-likeness (QED) is 0.627. The molecule has 21 heavy (non-hydrogen) atoms. The molecule has 0 radical (unpaired) electrons. The molecular weight excluding hydrogens is 294 g/mol.